The lowest BCUT2D eigenvalue weighted by Gasteiger charge is -2.12. The Labute approximate surface area is 101 Å². The lowest BCUT2D eigenvalue weighted by Crippen LogP contribution is -2.26. The average Bonchev–Trinajstić information content (AvgIpc) is 2.77. The van der Waals surface area contributed by atoms with Crippen molar-refractivity contribution in [2.75, 3.05) is 18.8 Å². The van der Waals surface area contributed by atoms with E-state index in [0.717, 1.165) is 24.9 Å². The molecule has 0 saturated carbocycles. The van der Waals surface area contributed by atoms with Gasteiger partial charge in [0.1, 0.15) is 0 Å². The molecule has 92 valence electrons. The normalized spacial score (nSPS) is 19.5. The minimum atomic E-state index is -0.792. The van der Waals surface area contributed by atoms with Crippen molar-refractivity contribution in [3.05, 3.63) is 29.8 Å². The Morgan fingerprint density at radius 3 is 2.71 bits per heavy atom. The number of carboxylic acid groups (broad SMARTS) is 1. The monoisotopic (exact) mass is 234 g/mol. The highest BCUT2D eigenvalue weighted by Crippen LogP contribution is 2.21. The maximum Gasteiger partial charge on any atom is 0.407 e. The largest absolute Gasteiger partial charge is 0.465 e. The molecule has 17 heavy (non-hydrogen) atoms. The van der Waals surface area contributed by atoms with Gasteiger partial charge >= 0.3 is 6.09 Å². The van der Waals surface area contributed by atoms with Crippen LogP contribution < -0.4 is 5.73 Å². The van der Waals surface area contributed by atoms with Gasteiger partial charge < -0.3 is 15.7 Å². The fraction of sp³-hybridized carbons (Fsp3) is 0.462. The smallest absolute Gasteiger partial charge is 0.407 e. The third-order valence-electron chi connectivity index (χ3n) is 3.38. The van der Waals surface area contributed by atoms with Crippen molar-refractivity contribution in [1.82, 2.24) is 4.90 Å². The van der Waals surface area contributed by atoms with E-state index in [0.29, 0.717) is 19.0 Å². The zero-order chi connectivity index (χ0) is 12.3. The van der Waals surface area contributed by atoms with E-state index in [9.17, 15) is 4.79 Å². The highest BCUT2D eigenvalue weighted by Gasteiger charge is 2.25. The van der Waals surface area contributed by atoms with Crippen molar-refractivity contribution in [2.45, 2.75) is 19.3 Å². The summed E-state index contributed by atoms with van der Waals surface area (Å²) in [7, 11) is 0. The van der Waals surface area contributed by atoms with Gasteiger partial charge in [-0.3, -0.25) is 0 Å². The van der Waals surface area contributed by atoms with E-state index < -0.39 is 6.09 Å². The molecule has 1 aromatic rings. The first-order chi connectivity index (χ1) is 8.15. The minimum Gasteiger partial charge on any atom is -0.465 e. The van der Waals surface area contributed by atoms with Gasteiger partial charge in [-0.05, 0) is 42.9 Å². The first-order valence-electron chi connectivity index (χ1n) is 5.97. The number of nitrogen functional groups attached to an aromatic ring is 1. The van der Waals surface area contributed by atoms with Crippen molar-refractivity contribution in [1.29, 1.82) is 0 Å². The molecule has 4 nitrogen and oxygen atoms in total. The second-order valence-corrected chi connectivity index (χ2v) is 4.66. The second-order valence-electron chi connectivity index (χ2n) is 4.66. The number of rotatable bonds is 3. The van der Waals surface area contributed by atoms with Crippen LogP contribution in [0.15, 0.2) is 24.3 Å². The Morgan fingerprint density at radius 2 is 2.12 bits per heavy atom. The number of nitrogens with zero attached hydrogens (tertiary/aromatic N) is 1. The predicted molar refractivity (Wildman–Crippen MR) is 66.9 cm³/mol. The molecule has 1 heterocycles. The van der Waals surface area contributed by atoms with E-state index in [1.54, 1.807) is 0 Å². The van der Waals surface area contributed by atoms with Crippen LogP contribution in [0.1, 0.15) is 18.4 Å². The molecule has 2 rings (SSSR count). The molecule has 3 N–H and O–H groups in total. The standard InChI is InChI=1S/C13H18N2O2/c14-12-5-3-10(4-6-12)1-2-11-7-8-15(9-11)13(16)17/h3-6,11H,1-2,7-9,14H2,(H,16,17). The molecule has 1 atom stereocenters. The van der Waals surface area contributed by atoms with E-state index in [1.165, 1.54) is 10.5 Å². The summed E-state index contributed by atoms with van der Waals surface area (Å²) in [6.45, 7) is 1.37. The van der Waals surface area contributed by atoms with Crippen LogP contribution in [-0.2, 0) is 6.42 Å². The summed E-state index contributed by atoms with van der Waals surface area (Å²) in [4.78, 5) is 12.3. The fourth-order valence-electron chi connectivity index (χ4n) is 2.30. The van der Waals surface area contributed by atoms with Crippen LogP contribution in [0.2, 0.25) is 0 Å². The molecule has 0 aromatic heterocycles. The number of aryl methyl sites for hydroxylation is 1. The summed E-state index contributed by atoms with van der Waals surface area (Å²) < 4.78 is 0. The van der Waals surface area contributed by atoms with Gasteiger partial charge in [-0.1, -0.05) is 12.1 Å². The summed E-state index contributed by atoms with van der Waals surface area (Å²) in [6, 6.07) is 7.90. The molecule has 1 aliphatic heterocycles. The molecular formula is C13H18N2O2. The van der Waals surface area contributed by atoms with Crippen LogP contribution in [0.4, 0.5) is 10.5 Å². The minimum absolute atomic E-state index is 0.503. The number of nitrogens with two attached hydrogens (primary N) is 1. The van der Waals surface area contributed by atoms with Crippen molar-refractivity contribution in [3.8, 4) is 0 Å². The first kappa shape index (κ1) is 11.8. The Balaban J connectivity index is 1.80. The Bertz CT molecular complexity index is 389. The zero-order valence-corrected chi connectivity index (χ0v) is 9.80. The molecule has 1 aromatic carbocycles. The third-order valence-corrected chi connectivity index (χ3v) is 3.38. The lowest BCUT2D eigenvalue weighted by molar-refractivity contribution is 0.154. The molecule has 0 spiro atoms. The van der Waals surface area contributed by atoms with Gasteiger partial charge in [-0.2, -0.15) is 0 Å². The highest BCUT2D eigenvalue weighted by molar-refractivity contribution is 5.65. The molecular weight excluding hydrogens is 216 g/mol. The van der Waals surface area contributed by atoms with Gasteiger partial charge in [0.15, 0.2) is 0 Å². The van der Waals surface area contributed by atoms with E-state index in [1.807, 2.05) is 24.3 Å². The van der Waals surface area contributed by atoms with Crippen molar-refractivity contribution < 1.29 is 9.90 Å². The molecule has 1 saturated heterocycles. The maximum atomic E-state index is 10.8. The van der Waals surface area contributed by atoms with Gasteiger partial charge in [0.2, 0.25) is 0 Å². The fourth-order valence-corrected chi connectivity index (χ4v) is 2.30. The van der Waals surface area contributed by atoms with Gasteiger partial charge in [-0.15, -0.1) is 0 Å². The summed E-state index contributed by atoms with van der Waals surface area (Å²) >= 11 is 0. The summed E-state index contributed by atoms with van der Waals surface area (Å²) in [6.07, 6.45) is 2.24. The van der Waals surface area contributed by atoms with E-state index >= 15 is 0 Å². The van der Waals surface area contributed by atoms with Crippen molar-refractivity contribution in [2.24, 2.45) is 5.92 Å². The van der Waals surface area contributed by atoms with Gasteiger partial charge in [0.25, 0.3) is 0 Å². The van der Waals surface area contributed by atoms with Crippen LogP contribution >= 0.6 is 0 Å². The van der Waals surface area contributed by atoms with E-state index in [2.05, 4.69) is 0 Å². The number of benzene rings is 1. The molecule has 0 aliphatic carbocycles. The quantitative estimate of drug-likeness (QED) is 0.788. The summed E-state index contributed by atoms with van der Waals surface area (Å²) in [5.74, 6) is 0.503. The third kappa shape index (κ3) is 3.12. The van der Waals surface area contributed by atoms with Crippen LogP contribution in [-0.4, -0.2) is 29.2 Å². The Hall–Kier alpha value is -1.71. The number of amides is 1. The van der Waals surface area contributed by atoms with Crippen molar-refractivity contribution in [3.63, 3.8) is 0 Å². The molecule has 1 aliphatic rings. The molecule has 0 bridgehead atoms. The van der Waals surface area contributed by atoms with E-state index in [-0.39, 0.29) is 0 Å². The number of anilines is 1. The van der Waals surface area contributed by atoms with Crippen LogP contribution in [0.25, 0.3) is 0 Å². The van der Waals surface area contributed by atoms with Crippen molar-refractivity contribution >= 4 is 11.8 Å². The van der Waals surface area contributed by atoms with Crippen LogP contribution in [0.5, 0.6) is 0 Å². The van der Waals surface area contributed by atoms with E-state index in [4.69, 9.17) is 10.8 Å². The Kier molecular flexibility index (Phi) is 3.52. The molecule has 1 fully saturated rings. The molecule has 1 amide bonds. The van der Waals surface area contributed by atoms with Crippen LogP contribution in [0, 0.1) is 5.92 Å². The molecule has 4 heteroatoms. The van der Waals surface area contributed by atoms with Crippen LogP contribution in [0.3, 0.4) is 0 Å². The van der Waals surface area contributed by atoms with Gasteiger partial charge in [-0.25, -0.2) is 4.79 Å². The number of likely N-dealkylation sites (tertiary alicyclic amines) is 1. The first-order valence-corrected chi connectivity index (χ1v) is 5.97. The molecule has 1 unspecified atom stereocenters. The number of hydrogen-bond acceptors (Lipinski definition) is 2. The summed E-state index contributed by atoms with van der Waals surface area (Å²) in [5, 5.41) is 8.86. The number of carbonyl (C=O) groups is 1. The SMILES string of the molecule is Nc1ccc(CCC2CCN(C(=O)O)C2)cc1. The lowest BCUT2D eigenvalue weighted by atomic mass is 9.99. The average molecular weight is 234 g/mol. The molecule has 0 radical (unpaired) electrons. The number of hydrogen-bond donors (Lipinski definition) is 2. The second kappa shape index (κ2) is 5.08. The topological polar surface area (TPSA) is 66.6 Å². The zero-order valence-electron chi connectivity index (χ0n) is 9.80. The summed E-state index contributed by atoms with van der Waals surface area (Å²) in [5.41, 5.74) is 7.68. The highest BCUT2D eigenvalue weighted by atomic mass is 16.4. The predicted octanol–water partition coefficient (Wildman–Crippen LogP) is 2.20. The van der Waals surface area contributed by atoms with Gasteiger partial charge in [0, 0.05) is 18.8 Å². The van der Waals surface area contributed by atoms with Gasteiger partial charge in [0.05, 0.1) is 0 Å². The maximum absolute atomic E-state index is 10.8. The Morgan fingerprint density at radius 1 is 1.41 bits per heavy atom.